The first kappa shape index (κ1) is 17.9. The summed E-state index contributed by atoms with van der Waals surface area (Å²) in [6.07, 6.45) is 0. The SMILES string of the molecule is CC(C)[C@@H](NCCOc1ccc(S(N)(=O)=O)cc1)c1cccs1. The number of hydrogen-bond acceptors (Lipinski definition) is 5. The zero-order chi connectivity index (χ0) is 16.9. The quantitative estimate of drug-likeness (QED) is 0.714. The molecule has 0 saturated carbocycles. The average Bonchev–Trinajstić information content (AvgIpc) is 3.00. The van der Waals surface area contributed by atoms with Gasteiger partial charge in [-0.1, -0.05) is 19.9 Å². The molecule has 0 spiro atoms. The highest BCUT2D eigenvalue weighted by molar-refractivity contribution is 7.89. The molecule has 0 aliphatic heterocycles. The number of sulfonamides is 1. The number of thiophene rings is 1. The highest BCUT2D eigenvalue weighted by Gasteiger charge is 2.15. The maximum absolute atomic E-state index is 11.2. The van der Waals surface area contributed by atoms with Crippen LogP contribution in [0.2, 0.25) is 0 Å². The summed E-state index contributed by atoms with van der Waals surface area (Å²) in [6, 6.07) is 10.6. The molecule has 126 valence electrons. The van der Waals surface area contributed by atoms with E-state index in [1.165, 1.54) is 17.0 Å². The monoisotopic (exact) mass is 354 g/mol. The van der Waals surface area contributed by atoms with E-state index in [1.54, 1.807) is 23.5 Å². The summed E-state index contributed by atoms with van der Waals surface area (Å²) in [4.78, 5) is 1.40. The Morgan fingerprint density at radius 2 is 1.91 bits per heavy atom. The fourth-order valence-electron chi connectivity index (χ4n) is 2.24. The Bertz CT molecular complexity index is 695. The molecule has 1 aromatic carbocycles. The van der Waals surface area contributed by atoms with Crippen molar-refractivity contribution in [2.24, 2.45) is 11.1 Å². The second-order valence-corrected chi connectivity index (χ2v) is 8.10. The van der Waals surface area contributed by atoms with Crippen LogP contribution in [0, 0.1) is 5.92 Å². The van der Waals surface area contributed by atoms with Crippen molar-refractivity contribution in [3.63, 3.8) is 0 Å². The lowest BCUT2D eigenvalue weighted by molar-refractivity contribution is 0.294. The van der Waals surface area contributed by atoms with Crippen LogP contribution in [0.1, 0.15) is 24.8 Å². The van der Waals surface area contributed by atoms with E-state index in [4.69, 9.17) is 9.88 Å². The van der Waals surface area contributed by atoms with Gasteiger partial charge < -0.3 is 10.1 Å². The van der Waals surface area contributed by atoms with Crippen LogP contribution >= 0.6 is 11.3 Å². The number of benzene rings is 1. The molecule has 0 radical (unpaired) electrons. The van der Waals surface area contributed by atoms with E-state index in [0.717, 1.165) is 0 Å². The fraction of sp³-hybridized carbons (Fsp3) is 0.375. The zero-order valence-corrected chi connectivity index (χ0v) is 14.9. The Labute approximate surface area is 141 Å². The number of primary sulfonamides is 1. The predicted molar refractivity (Wildman–Crippen MR) is 93.2 cm³/mol. The van der Waals surface area contributed by atoms with Crippen LogP contribution in [-0.4, -0.2) is 21.6 Å². The van der Waals surface area contributed by atoms with E-state index in [1.807, 2.05) is 0 Å². The molecule has 3 N–H and O–H groups in total. The molecular formula is C16H22N2O3S2. The molecular weight excluding hydrogens is 332 g/mol. The van der Waals surface area contributed by atoms with Gasteiger partial charge in [0.05, 0.1) is 4.90 Å². The molecule has 0 aliphatic rings. The molecule has 0 amide bonds. The largest absolute Gasteiger partial charge is 0.492 e. The molecule has 7 heteroatoms. The van der Waals surface area contributed by atoms with Gasteiger partial charge in [-0.3, -0.25) is 0 Å². The first-order chi connectivity index (χ1) is 10.9. The summed E-state index contributed by atoms with van der Waals surface area (Å²) in [7, 11) is -3.66. The molecule has 1 atom stereocenters. The molecule has 0 unspecified atom stereocenters. The van der Waals surface area contributed by atoms with Crippen molar-refractivity contribution < 1.29 is 13.2 Å². The Morgan fingerprint density at radius 1 is 1.22 bits per heavy atom. The molecule has 0 aliphatic carbocycles. The van der Waals surface area contributed by atoms with Crippen molar-refractivity contribution in [3.8, 4) is 5.75 Å². The highest BCUT2D eigenvalue weighted by Crippen LogP contribution is 2.25. The van der Waals surface area contributed by atoms with E-state index >= 15 is 0 Å². The van der Waals surface area contributed by atoms with Gasteiger partial charge >= 0.3 is 0 Å². The Balaban J connectivity index is 1.83. The minimum absolute atomic E-state index is 0.0838. The van der Waals surface area contributed by atoms with Crippen LogP contribution in [0.3, 0.4) is 0 Å². The third-order valence-corrected chi connectivity index (χ3v) is 5.29. The van der Waals surface area contributed by atoms with Crippen LogP contribution in [-0.2, 0) is 10.0 Å². The Kier molecular flexibility index (Phi) is 6.17. The zero-order valence-electron chi connectivity index (χ0n) is 13.2. The first-order valence-electron chi connectivity index (χ1n) is 7.40. The summed E-state index contributed by atoms with van der Waals surface area (Å²) in [5, 5.41) is 10.6. The lowest BCUT2D eigenvalue weighted by atomic mass is 10.0. The van der Waals surface area contributed by atoms with Gasteiger partial charge in [-0.25, -0.2) is 13.6 Å². The van der Waals surface area contributed by atoms with Gasteiger partial charge in [-0.2, -0.15) is 0 Å². The second kappa shape index (κ2) is 7.92. The van der Waals surface area contributed by atoms with Crippen molar-refractivity contribution in [3.05, 3.63) is 46.7 Å². The summed E-state index contributed by atoms with van der Waals surface area (Å²) < 4.78 is 28.0. The van der Waals surface area contributed by atoms with Crippen LogP contribution in [0.15, 0.2) is 46.7 Å². The molecule has 0 fully saturated rings. The van der Waals surface area contributed by atoms with Gasteiger partial charge in [0.1, 0.15) is 12.4 Å². The smallest absolute Gasteiger partial charge is 0.238 e. The maximum Gasteiger partial charge on any atom is 0.238 e. The lowest BCUT2D eigenvalue weighted by Crippen LogP contribution is -2.29. The van der Waals surface area contributed by atoms with Gasteiger partial charge in [0.25, 0.3) is 0 Å². The molecule has 0 saturated heterocycles. The lowest BCUT2D eigenvalue weighted by Gasteiger charge is -2.21. The van der Waals surface area contributed by atoms with Crippen molar-refractivity contribution >= 4 is 21.4 Å². The maximum atomic E-state index is 11.2. The standard InChI is InChI=1S/C16H22N2O3S2/c1-12(2)16(15-4-3-11-22-15)18-9-10-21-13-5-7-14(8-6-13)23(17,19)20/h3-8,11-12,16,18H,9-10H2,1-2H3,(H2,17,19,20)/t16-/m1/s1. The van der Waals surface area contributed by atoms with Gasteiger partial charge in [0.15, 0.2) is 0 Å². The van der Waals surface area contributed by atoms with Crippen LogP contribution in [0.5, 0.6) is 5.75 Å². The van der Waals surface area contributed by atoms with Crippen LogP contribution < -0.4 is 15.2 Å². The summed E-state index contributed by atoms with van der Waals surface area (Å²) in [5.74, 6) is 1.11. The molecule has 2 rings (SSSR count). The summed E-state index contributed by atoms with van der Waals surface area (Å²) in [6.45, 7) is 5.58. The van der Waals surface area contributed by atoms with Gasteiger partial charge in [-0.15, -0.1) is 11.3 Å². The normalized spacial score (nSPS) is 13.2. The van der Waals surface area contributed by atoms with Gasteiger partial charge in [-0.05, 0) is 41.6 Å². The molecule has 1 aromatic heterocycles. The Hall–Kier alpha value is -1.41. The average molecular weight is 354 g/mol. The Morgan fingerprint density at radius 3 is 2.43 bits per heavy atom. The molecule has 2 aromatic rings. The van der Waals surface area contributed by atoms with Crippen molar-refractivity contribution in [1.82, 2.24) is 5.32 Å². The van der Waals surface area contributed by atoms with Crippen LogP contribution in [0.25, 0.3) is 0 Å². The van der Waals surface area contributed by atoms with Crippen molar-refractivity contribution in [1.29, 1.82) is 0 Å². The minimum atomic E-state index is -3.66. The van der Waals surface area contributed by atoms with Crippen molar-refractivity contribution in [2.75, 3.05) is 13.2 Å². The third kappa shape index (κ3) is 5.31. The predicted octanol–water partition coefficient (Wildman–Crippen LogP) is 2.76. The third-order valence-electron chi connectivity index (χ3n) is 3.40. The highest BCUT2D eigenvalue weighted by atomic mass is 32.2. The van der Waals surface area contributed by atoms with E-state index in [-0.39, 0.29) is 4.90 Å². The first-order valence-corrected chi connectivity index (χ1v) is 9.83. The van der Waals surface area contributed by atoms with Gasteiger partial charge in [0, 0.05) is 17.5 Å². The number of nitrogens with one attached hydrogen (secondary N) is 1. The van der Waals surface area contributed by atoms with Crippen LogP contribution in [0.4, 0.5) is 0 Å². The van der Waals surface area contributed by atoms with E-state index in [9.17, 15) is 8.42 Å². The second-order valence-electron chi connectivity index (χ2n) is 5.56. The van der Waals surface area contributed by atoms with Gasteiger partial charge in [0.2, 0.25) is 10.0 Å². The molecule has 23 heavy (non-hydrogen) atoms. The van der Waals surface area contributed by atoms with E-state index in [0.29, 0.717) is 30.9 Å². The summed E-state index contributed by atoms with van der Waals surface area (Å²) >= 11 is 1.75. The minimum Gasteiger partial charge on any atom is -0.492 e. The molecule has 5 nitrogen and oxygen atoms in total. The van der Waals surface area contributed by atoms with Crippen molar-refractivity contribution in [2.45, 2.75) is 24.8 Å². The number of nitrogens with two attached hydrogens (primary N) is 1. The fourth-order valence-corrected chi connectivity index (χ4v) is 3.73. The molecule has 1 heterocycles. The van der Waals surface area contributed by atoms with E-state index in [2.05, 4.69) is 36.7 Å². The number of ether oxygens (including phenoxy) is 1. The number of hydrogen-bond donors (Lipinski definition) is 2. The molecule has 0 bridgehead atoms. The van der Waals surface area contributed by atoms with E-state index < -0.39 is 10.0 Å². The topological polar surface area (TPSA) is 81.4 Å². The number of rotatable bonds is 8. The summed E-state index contributed by atoms with van der Waals surface area (Å²) in [5.41, 5.74) is 0.